The van der Waals surface area contributed by atoms with Gasteiger partial charge in [-0.2, -0.15) is 0 Å². The minimum Gasteiger partial charge on any atom is -0.328 e. The highest BCUT2D eigenvalue weighted by atomic mass is 15.2. The summed E-state index contributed by atoms with van der Waals surface area (Å²) in [7, 11) is 0. The van der Waals surface area contributed by atoms with Crippen molar-refractivity contribution in [1.29, 1.82) is 0 Å². The molecule has 3 rings (SSSR count). The van der Waals surface area contributed by atoms with Crippen LogP contribution in [0.15, 0.2) is 0 Å². The Hall–Kier alpha value is -0.120. The van der Waals surface area contributed by atoms with Crippen molar-refractivity contribution in [3.8, 4) is 0 Å². The molecule has 1 aliphatic carbocycles. The van der Waals surface area contributed by atoms with Crippen molar-refractivity contribution in [2.24, 2.45) is 11.7 Å². The highest BCUT2D eigenvalue weighted by molar-refractivity contribution is 4.85. The maximum atomic E-state index is 6.03. The van der Waals surface area contributed by atoms with E-state index in [4.69, 9.17) is 5.73 Å². The lowest BCUT2D eigenvalue weighted by atomic mass is 9.88. The van der Waals surface area contributed by atoms with Crippen LogP contribution in [0.1, 0.15) is 57.8 Å². The average Bonchev–Trinajstić information content (AvgIpc) is 2.50. The fraction of sp³-hybridized carbons (Fsp3) is 1.00. The highest BCUT2D eigenvalue weighted by Crippen LogP contribution is 2.27. The Morgan fingerprint density at radius 2 is 1.40 bits per heavy atom. The summed E-state index contributed by atoms with van der Waals surface area (Å²) in [6.07, 6.45) is 12.4. The summed E-state index contributed by atoms with van der Waals surface area (Å²) in [4.78, 5) is 5.50. The van der Waals surface area contributed by atoms with Crippen LogP contribution >= 0.6 is 0 Å². The molecule has 0 spiro atoms. The molecule has 0 amide bonds. The van der Waals surface area contributed by atoms with Crippen molar-refractivity contribution < 1.29 is 0 Å². The molecule has 3 fully saturated rings. The van der Waals surface area contributed by atoms with Gasteiger partial charge in [-0.25, -0.2) is 0 Å². The Balaban J connectivity index is 1.38. The van der Waals surface area contributed by atoms with E-state index in [1.165, 1.54) is 90.5 Å². The van der Waals surface area contributed by atoms with E-state index in [1.807, 2.05) is 0 Å². The van der Waals surface area contributed by atoms with E-state index in [0.717, 1.165) is 12.0 Å². The van der Waals surface area contributed by atoms with Crippen molar-refractivity contribution in [1.82, 2.24) is 9.80 Å². The summed E-state index contributed by atoms with van der Waals surface area (Å²) in [5.41, 5.74) is 6.03. The number of nitrogens with two attached hydrogens (primary N) is 1. The summed E-state index contributed by atoms with van der Waals surface area (Å²) in [6.45, 7) is 6.79. The summed E-state index contributed by atoms with van der Waals surface area (Å²) >= 11 is 0. The van der Waals surface area contributed by atoms with Gasteiger partial charge in [-0.15, -0.1) is 0 Å². The summed E-state index contributed by atoms with van der Waals surface area (Å²) in [5.74, 6) is 0.968. The molecule has 0 atom stereocenters. The zero-order chi connectivity index (χ0) is 13.8. The van der Waals surface area contributed by atoms with Crippen LogP contribution in [0.25, 0.3) is 0 Å². The van der Waals surface area contributed by atoms with Crippen LogP contribution in [0, 0.1) is 5.92 Å². The predicted molar refractivity (Wildman–Crippen MR) is 84.8 cm³/mol. The Morgan fingerprint density at radius 3 is 2.05 bits per heavy atom. The lowest BCUT2D eigenvalue weighted by Crippen LogP contribution is -2.46. The smallest absolute Gasteiger partial charge is 0.00964 e. The van der Waals surface area contributed by atoms with Crippen molar-refractivity contribution in [3.63, 3.8) is 0 Å². The number of hydrogen-bond donors (Lipinski definition) is 1. The number of rotatable bonds is 3. The molecule has 0 radical (unpaired) electrons. The first-order valence-corrected chi connectivity index (χ1v) is 9.03. The minimum atomic E-state index is 0.489. The number of piperidine rings is 2. The van der Waals surface area contributed by atoms with Crippen LogP contribution in [-0.4, -0.2) is 54.6 Å². The van der Waals surface area contributed by atoms with Gasteiger partial charge in [0, 0.05) is 18.6 Å². The fourth-order valence-electron chi connectivity index (χ4n) is 4.47. The van der Waals surface area contributed by atoms with Gasteiger partial charge in [0.25, 0.3) is 0 Å². The standard InChI is InChI=1S/C17H33N3/c18-16-4-6-17(7-5-16)20-12-8-15(9-13-20)14-19-10-2-1-3-11-19/h15-17H,1-14,18H2. The Kier molecular flexibility index (Phi) is 5.36. The molecule has 116 valence electrons. The maximum Gasteiger partial charge on any atom is 0.00964 e. The van der Waals surface area contributed by atoms with E-state index < -0.39 is 0 Å². The van der Waals surface area contributed by atoms with E-state index in [0.29, 0.717) is 6.04 Å². The van der Waals surface area contributed by atoms with Gasteiger partial charge in [0.1, 0.15) is 0 Å². The third-order valence-electron chi connectivity index (χ3n) is 5.87. The molecule has 2 N–H and O–H groups in total. The summed E-state index contributed by atoms with van der Waals surface area (Å²) in [5, 5.41) is 0. The lowest BCUT2D eigenvalue weighted by Gasteiger charge is -2.41. The Bertz CT molecular complexity index is 272. The Morgan fingerprint density at radius 1 is 0.750 bits per heavy atom. The highest BCUT2D eigenvalue weighted by Gasteiger charge is 2.28. The third-order valence-corrected chi connectivity index (χ3v) is 5.87. The average molecular weight is 279 g/mol. The number of likely N-dealkylation sites (tertiary alicyclic amines) is 2. The predicted octanol–water partition coefficient (Wildman–Crippen LogP) is 2.45. The summed E-state index contributed by atoms with van der Waals surface area (Å²) < 4.78 is 0. The molecule has 0 aromatic rings. The molecule has 0 unspecified atom stereocenters. The second-order valence-corrected chi connectivity index (χ2v) is 7.41. The van der Waals surface area contributed by atoms with Crippen molar-refractivity contribution in [2.45, 2.75) is 69.9 Å². The van der Waals surface area contributed by atoms with Crippen LogP contribution in [0.5, 0.6) is 0 Å². The number of nitrogens with zero attached hydrogens (tertiary/aromatic N) is 2. The van der Waals surface area contributed by atoms with Gasteiger partial charge >= 0.3 is 0 Å². The number of hydrogen-bond acceptors (Lipinski definition) is 3. The molecule has 3 aliphatic rings. The third kappa shape index (κ3) is 3.96. The molecule has 0 aromatic heterocycles. The fourth-order valence-corrected chi connectivity index (χ4v) is 4.47. The first kappa shape index (κ1) is 14.8. The monoisotopic (exact) mass is 279 g/mol. The molecule has 1 saturated carbocycles. The van der Waals surface area contributed by atoms with Gasteiger partial charge in [-0.05, 0) is 83.5 Å². The van der Waals surface area contributed by atoms with Crippen LogP contribution < -0.4 is 5.73 Å². The van der Waals surface area contributed by atoms with E-state index in [2.05, 4.69) is 9.80 Å². The molecule has 2 saturated heterocycles. The van der Waals surface area contributed by atoms with Crippen molar-refractivity contribution >= 4 is 0 Å². The molecule has 20 heavy (non-hydrogen) atoms. The van der Waals surface area contributed by atoms with E-state index in [9.17, 15) is 0 Å². The van der Waals surface area contributed by atoms with Gasteiger partial charge in [-0.1, -0.05) is 6.42 Å². The molecular weight excluding hydrogens is 246 g/mol. The van der Waals surface area contributed by atoms with Gasteiger partial charge in [-0.3, -0.25) is 0 Å². The Labute approximate surface area is 124 Å². The molecule has 0 aromatic carbocycles. The second-order valence-electron chi connectivity index (χ2n) is 7.41. The van der Waals surface area contributed by atoms with Crippen molar-refractivity contribution in [2.75, 3.05) is 32.7 Å². The largest absolute Gasteiger partial charge is 0.328 e. The van der Waals surface area contributed by atoms with Crippen molar-refractivity contribution in [3.05, 3.63) is 0 Å². The van der Waals surface area contributed by atoms with Crippen LogP contribution in [-0.2, 0) is 0 Å². The van der Waals surface area contributed by atoms with Gasteiger partial charge in [0.15, 0.2) is 0 Å². The molecule has 0 bridgehead atoms. The zero-order valence-electron chi connectivity index (χ0n) is 13.1. The van der Waals surface area contributed by atoms with E-state index in [-0.39, 0.29) is 0 Å². The SMILES string of the molecule is NC1CCC(N2CCC(CN3CCCCC3)CC2)CC1. The topological polar surface area (TPSA) is 32.5 Å². The normalized spacial score (nSPS) is 35.2. The molecule has 2 heterocycles. The van der Waals surface area contributed by atoms with Crippen LogP contribution in [0.4, 0.5) is 0 Å². The zero-order valence-corrected chi connectivity index (χ0v) is 13.1. The summed E-state index contributed by atoms with van der Waals surface area (Å²) in [6, 6.07) is 1.34. The van der Waals surface area contributed by atoms with E-state index in [1.54, 1.807) is 0 Å². The van der Waals surface area contributed by atoms with Gasteiger partial charge in [0.2, 0.25) is 0 Å². The van der Waals surface area contributed by atoms with E-state index >= 15 is 0 Å². The second kappa shape index (κ2) is 7.24. The van der Waals surface area contributed by atoms with Gasteiger partial charge < -0.3 is 15.5 Å². The van der Waals surface area contributed by atoms with Crippen LogP contribution in [0.3, 0.4) is 0 Å². The first-order valence-electron chi connectivity index (χ1n) is 9.03. The molecule has 2 aliphatic heterocycles. The molecule has 3 nitrogen and oxygen atoms in total. The maximum absolute atomic E-state index is 6.03. The lowest BCUT2D eigenvalue weighted by molar-refractivity contribution is 0.0844. The molecule has 3 heteroatoms. The first-order chi connectivity index (χ1) is 9.81. The van der Waals surface area contributed by atoms with Gasteiger partial charge in [0.05, 0.1) is 0 Å². The molecular formula is C17H33N3. The van der Waals surface area contributed by atoms with Crippen LogP contribution in [0.2, 0.25) is 0 Å². The minimum absolute atomic E-state index is 0.489. The quantitative estimate of drug-likeness (QED) is 0.861.